The van der Waals surface area contributed by atoms with E-state index in [0.29, 0.717) is 17.5 Å². The van der Waals surface area contributed by atoms with Gasteiger partial charge >= 0.3 is 5.97 Å². The van der Waals surface area contributed by atoms with Crippen LogP contribution in [0.25, 0.3) is 22.6 Å². The fourth-order valence-electron chi connectivity index (χ4n) is 3.75. The summed E-state index contributed by atoms with van der Waals surface area (Å²) >= 11 is 1.72. The molecule has 0 aliphatic carbocycles. The normalized spacial score (nSPS) is 15.7. The van der Waals surface area contributed by atoms with Crippen LogP contribution >= 0.6 is 11.8 Å². The van der Waals surface area contributed by atoms with E-state index in [2.05, 4.69) is 48.4 Å². The zero-order valence-corrected chi connectivity index (χ0v) is 16.8. The number of carboxylic acids is 1. The van der Waals surface area contributed by atoms with Gasteiger partial charge in [-0.25, -0.2) is 9.78 Å². The molecule has 1 aromatic heterocycles. The second kappa shape index (κ2) is 7.78. The van der Waals surface area contributed by atoms with Crippen molar-refractivity contribution in [2.45, 2.75) is 18.4 Å². The molecular weight excluding hydrogens is 368 g/mol. The maximum Gasteiger partial charge on any atom is 0.336 e. The summed E-state index contributed by atoms with van der Waals surface area (Å²) in [4.78, 5) is 20.5. The molecule has 0 bridgehead atoms. The fourth-order valence-corrected chi connectivity index (χ4v) is 4.16. The van der Waals surface area contributed by atoms with E-state index in [9.17, 15) is 9.90 Å². The van der Waals surface area contributed by atoms with E-state index < -0.39 is 5.97 Å². The molecule has 0 saturated heterocycles. The van der Waals surface area contributed by atoms with Crippen molar-refractivity contribution >= 4 is 40.3 Å². The van der Waals surface area contributed by atoms with Crippen LogP contribution in [-0.2, 0) is 6.54 Å². The molecule has 1 N–H and O–H groups in total. The first-order valence-electron chi connectivity index (χ1n) is 9.33. The fraction of sp³-hybridized carbons (Fsp3) is 0.217. The number of pyridine rings is 1. The van der Waals surface area contributed by atoms with Crippen molar-refractivity contribution in [3.63, 3.8) is 0 Å². The topological polar surface area (TPSA) is 53.4 Å². The molecule has 0 unspecified atom stereocenters. The van der Waals surface area contributed by atoms with Gasteiger partial charge in [0.25, 0.3) is 0 Å². The van der Waals surface area contributed by atoms with E-state index in [-0.39, 0.29) is 0 Å². The van der Waals surface area contributed by atoms with Gasteiger partial charge in [-0.3, -0.25) is 4.90 Å². The quantitative estimate of drug-likeness (QED) is 0.633. The maximum atomic E-state index is 12.1. The van der Waals surface area contributed by atoms with E-state index in [1.54, 1.807) is 11.8 Å². The zero-order chi connectivity index (χ0) is 19.7. The Balaban J connectivity index is 1.93. The van der Waals surface area contributed by atoms with Crippen LogP contribution < -0.4 is 0 Å². The smallest absolute Gasteiger partial charge is 0.336 e. The number of likely N-dealkylation sites (N-methyl/N-ethyl adjacent to an activating group) is 1. The highest BCUT2D eigenvalue weighted by Gasteiger charge is 2.27. The number of carbonyl (C=O) groups is 1. The van der Waals surface area contributed by atoms with Gasteiger partial charge in [-0.1, -0.05) is 37.3 Å². The average Bonchev–Trinajstić information content (AvgIpc) is 2.72. The number of fused-ring (bicyclic) bond motifs is 2. The molecular formula is C23H22N2O2S. The van der Waals surface area contributed by atoms with Crippen molar-refractivity contribution in [1.82, 2.24) is 9.88 Å². The third-order valence-electron chi connectivity index (χ3n) is 5.19. The lowest BCUT2D eigenvalue weighted by Gasteiger charge is -2.30. The van der Waals surface area contributed by atoms with Crippen molar-refractivity contribution in [1.29, 1.82) is 0 Å². The van der Waals surface area contributed by atoms with Crippen LogP contribution in [0, 0.1) is 0 Å². The summed E-state index contributed by atoms with van der Waals surface area (Å²) in [5.41, 5.74) is 4.90. The van der Waals surface area contributed by atoms with Gasteiger partial charge in [-0.2, -0.15) is 0 Å². The highest BCUT2D eigenvalue weighted by Crippen LogP contribution is 2.34. The molecule has 5 heteroatoms. The van der Waals surface area contributed by atoms with E-state index in [1.807, 2.05) is 24.3 Å². The minimum absolute atomic E-state index is 0.377. The minimum atomic E-state index is -0.892. The lowest BCUT2D eigenvalue weighted by atomic mass is 9.92. The predicted octanol–water partition coefficient (Wildman–Crippen LogP) is 5.03. The van der Waals surface area contributed by atoms with Crippen molar-refractivity contribution in [2.24, 2.45) is 0 Å². The average molecular weight is 391 g/mol. The number of rotatable bonds is 4. The Morgan fingerprint density at radius 1 is 1.18 bits per heavy atom. The van der Waals surface area contributed by atoms with Gasteiger partial charge in [0, 0.05) is 28.9 Å². The van der Waals surface area contributed by atoms with Crippen LogP contribution in [0.15, 0.2) is 53.4 Å². The van der Waals surface area contributed by atoms with Crippen molar-refractivity contribution in [3.05, 3.63) is 70.9 Å². The Hall–Kier alpha value is -2.63. The molecule has 0 amide bonds. The number of benzene rings is 2. The summed E-state index contributed by atoms with van der Waals surface area (Å²) < 4.78 is 0. The number of para-hydroxylation sites is 1. The molecule has 28 heavy (non-hydrogen) atoms. The van der Waals surface area contributed by atoms with Gasteiger partial charge in [-0.05, 0) is 48.2 Å². The first-order chi connectivity index (χ1) is 13.6. The van der Waals surface area contributed by atoms with Crippen molar-refractivity contribution in [3.8, 4) is 0 Å². The summed E-state index contributed by atoms with van der Waals surface area (Å²) in [6.45, 7) is 4.32. The molecule has 2 heterocycles. The molecule has 0 spiro atoms. The first-order valence-corrected chi connectivity index (χ1v) is 10.6. The number of nitrogens with zero attached hydrogens (tertiary/aromatic N) is 2. The molecule has 0 atom stereocenters. The third kappa shape index (κ3) is 3.43. The van der Waals surface area contributed by atoms with Crippen molar-refractivity contribution in [2.75, 3.05) is 19.3 Å². The second-order valence-electron chi connectivity index (χ2n) is 6.88. The van der Waals surface area contributed by atoms with E-state index in [0.717, 1.165) is 41.0 Å². The van der Waals surface area contributed by atoms with E-state index >= 15 is 0 Å². The SMILES string of the molecule is CCN1CC(=Cc2ccc(SC)cc2)c2nc3ccccc3c(C(=O)O)c2C1. The van der Waals surface area contributed by atoms with Gasteiger partial charge in [-0.15, -0.1) is 11.8 Å². The lowest BCUT2D eigenvalue weighted by Crippen LogP contribution is -2.31. The number of aromatic carboxylic acids is 1. The zero-order valence-electron chi connectivity index (χ0n) is 16.0. The minimum Gasteiger partial charge on any atom is -0.478 e. The number of hydrogen-bond donors (Lipinski definition) is 1. The Morgan fingerprint density at radius 3 is 2.61 bits per heavy atom. The van der Waals surface area contributed by atoms with Crippen LogP contribution in [0.1, 0.15) is 34.1 Å². The molecule has 4 rings (SSSR count). The Kier molecular flexibility index (Phi) is 5.20. The lowest BCUT2D eigenvalue weighted by molar-refractivity contribution is 0.0696. The molecule has 142 valence electrons. The summed E-state index contributed by atoms with van der Waals surface area (Å²) in [5, 5.41) is 10.7. The number of thioether (sulfide) groups is 1. The summed E-state index contributed by atoms with van der Waals surface area (Å²) in [6.07, 6.45) is 4.20. The molecule has 4 nitrogen and oxygen atoms in total. The monoisotopic (exact) mass is 390 g/mol. The summed E-state index contributed by atoms with van der Waals surface area (Å²) in [5.74, 6) is -0.892. The standard InChI is InChI=1S/C23H22N2O2S/c1-3-25-13-16(12-15-8-10-17(28-2)11-9-15)22-19(14-25)21(23(26)27)18-6-4-5-7-20(18)24-22/h4-12H,3,13-14H2,1-2H3,(H,26,27). The van der Waals surface area contributed by atoms with Crippen LogP contribution in [0.4, 0.5) is 0 Å². The first kappa shape index (κ1) is 18.7. The Bertz CT molecular complexity index is 1070. The van der Waals surface area contributed by atoms with Gasteiger partial charge in [0.2, 0.25) is 0 Å². The van der Waals surface area contributed by atoms with Crippen LogP contribution in [-0.4, -0.2) is 40.3 Å². The Labute approximate surface area is 168 Å². The highest BCUT2D eigenvalue weighted by molar-refractivity contribution is 7.98. The molecule has 0 radical (unpaired) electrons. The van der Waals surface area contributed by atoms with Crippen molar-refractivity contribution < 1.29 is 9.90 Å². The number of hydrogen-bond acceptors (Lipinski definition) is 4. The van der Waals surface area contributed by atoms with Gasteiger partial charge in [0.05, 0.1) is 16.8 Å². The molecule has 0 fully saturated rings. The van der Waals surface area contributed by atoms with Crippen LogP contribution in [0.3, 0.4) is 0 Å². The maximum absolute atomic E-state index is 12.1. The molecule has 1 aliphatic rings. The third-order valence-corrected chi connectivity index (χ3v) is 5.93. The van der Waals surface area contributed by atoms with Gasteiger partial charge < -0.3 is 5.11 Å². The highest BCUT2D eigenvalue weighted by atomic mass is 32.2. The van der Waals surface area contributed by atoms with Crippen LogP contribution in [0.2, 0.25) is 0 Å². The molecule has 0 saturated carbocycles. The number of carboxylic acid groups (broad SMARTS) is 1. The summed E-state index contributed by atoms with van der Waals surface area (Å²) in [7, 11) is 0. The molecule has 1 aliphatic heterocycles. The molecule has 2 aromatic carbocycles. The Morgan fingerprint density at radius 2 is 1.93 bits per heavy atom. The summed E-state index contributed by atoms with van der Waals surface area (Å²) in [6, 6.07) is 15.9. The van der Waals surface area contributed by atoms with E-state index in [4.69, 9.17) is 4.98 Å². The number of aromatic nitrogens is 1. The molecule has 3 aromatic rings. The van der Waals surface area contributed by atoms with E-state index in [1.165, 1.54) is 4.90 Å². The van der Waals surface area contributed by atoms with Gasteiger partial charge in [0.15, 0.2) is 0 Å². The predicted molar refractivity (Wildman–Crippen MR) is 116 cm³/mol. The van der Waals surface area contributed by atoms with Gasteiger partial charge in [0.1, 0.15) is 0 Å². The largest absolute Gasteiger partial charge is 0.478 e. The van der Waals surface area contributed by atoms with Crippen LogP contribution in [0.5, 0.6) is 0 Å². The second-order valence-corrected chi connectivity index (χ2v) is 7.76.